The fourth-order valence-corrected chi connectivity index (χ4v) is 5.30. The Morgan fingerprint density at radius 2 is 1.93 bits per heavy atom. The summed E-state index contributed by atoms with van der Waals surface area (Å²) < 4.78 is 5.27. The van der Waals surface area contributed by atoms with Crippen molar-refractivity contribution in [2.45, 2.75) is 46.1 Å². The summed E-state index contributed by atoms with van der Waals surface area (Å²) in [5.41, 5.74) is -0.0232. The number of aromatic nitrogens is 2. The van der Waals surface area contributed by atoms with Gasteiger partial charge in [0.2, 0.25) is 0 Å². The minimum atomic E-state index is -0.713. The number of likely N-dealkylation sites (tertiary alicyclic amines) is 1. The topological polar surface area (TPSA) is 92.4 Å². The zero-order valence-corrected chi connectivity index (χ0v) is 16.4. The van der Waals surface area contributed by atoms with Gasteiger partial charge in [0, 0.05) is 18.0 Å². The first-order chi connectivity index (χ1) is 13.2. The van der Waals surface area contributed by atoms with Crippen LogP contribution in [0.15, 0.2) is 29.1 Å². The predicted molar refractivity (Wildman–Crippen MR) is 104 cm³/mol. The average Bonchev–Trinajstić information content (AvgIpc) is 2.89. The molecule has 1 aromatic heterocycles. The van der Waals surface area contributed by atoms with E-state index in [1.54, 1.807) is 24.3 Å². The number of fused-ring (bicyclic) bond motifs is 3. The number of rotatable bonds is 3. The van der Waals surface area contributed by atoms with Crippen LogP contribution in [0.5, 0.6) is 0 Å². The van der Waals surface area contributed by atoms with Crippen molar-refractivity contribution in [3.63, 3.8) is 0 Å². The highest BCUT2D eigenvalue weighted by atomic mass is 16.5. The second kappa shape index (κ2) is 6.43. The molecule has 7 nitrogen and oxygen atoms in total. The van der Waals surface area contributed by atoms with Crippen molar-refractivity contribution >= 4 is 22.6 Å². The normalized spacial score (nSPS) is 25.7. The van der Waals surface area contributed by atoms with E-state index in [4.69, 9.17) is 4.74 Å². The van der Waals surface area contributed by atoms with Crippen molar-refractivity contribution in [3.8, 4) is 0 Å². The van der Waals surface area contributed by atoms with E-state index in [9.17, 15) is 14.4 Å². The molecule has 0 radical (unpaired) electrons. The highest BCUT2D eigenvalue weighted by Gasteiger charge is 2.50. The molecule has 2 fully saturated rings. The fourth-order valence-electron chi connectivity index (χ4n) is 5.30. The third kappa shape index (κ3) is 3.30. The first-order valence-corrected chi connectivity index (χ1v) is 9.62. The summed E-state index contributed by atoms with van der Waals surface area (Å²) in [6.07, 6.45) is 3.06. The maximum absolute atomic E-state index is 12.8. The molecule has 0 spiro atoms. The van der Waals surface area contributed by atoms with Crippen molar-refractivity contribution in [1.29, 1.82) is 0 Å². The van der Waals surface area contributed by atoms with Gasteiger partial charge in [-0.05, 0) is 36.2 Å². The molecule has 4 rings (SSSR count). The van der Waals surface area contributed by atoms with Crippen LogP contribution >= 0.6 is 0 Å². The number of aromatic amines is 1. The molecule has 148 valence electrons. The number of ether oxygens (including phenoxy) is 1. The van der Waals surface area contributed by atoms with E-state index in [1.165, 1.54) is 0 Å². The Labute approximate surface area is 163 Å². The molecule has 1 N–H and O–H groups in total. The van der Waals surface area contributed by atoms with Crippen molar-refractivity contribution in [2.75, 3.05) is 13.2 Å². The standard InChI is InChI=1S/C21H25N3O4/c1-20(2)8-13-9-21(3,11-20)12-24(13)16(25)10-28-19(27)17-14-6-4-5-7-15(14)18(26)23-22-17/h4-7,13H,8-12H2,1-3H3,(H,23,26)/t13-,21-/m0/s1. The number of esters is 1. The van der Waals surface area contributed by atoms with Crippen LogP contribution in [-0.2, 0) is 9.53 Å². The predicted octanol–water partition coefficient (Wildman–Crippen LogP) is 2.51. The van der Waals surface area contributed by atoms with Gasteiger partial charge in [0.1, 0.15) is 0 Å². The van der Waals surface area contributed by atoms with Crippen molar-refractivity contribution in [1.82, 2.24) is 15.1 Å². The molecule has 2 bridgehead atoms. The van der Waals surface area contributed by atoms with Gasteiger partial charge >= 0.3 is 5.97 Å². The number of hydrogen-bond acceptors (Lipinski definition) is 5. The first kappa shape index (κ1) is 18.7. The van der Waals surface area contributed by atoms with Crippen LogP contribution in [0, 0.1) is 10.8 Å². The number of amides is 1. The smallest absolute Gasteiger partial charge is 0.359 e. The molecule has 1 saturated carbocycles. The number of benzene rings is 1. The summed E-state index contributed by atoms with van der Waals surface area (Å²) in [6, 6.07) is 6.89. The monoisotopic (exact) mass is 383 g/mol. The minimum absolute atomic E-state index is 0.0104. The SMILES string of the molecule is CC1(C)C[C@H]2C[C@](C)(CN2C(=O)COC(=O)c2n[nH]c(=O)c3ccccc23)C1. The fraction of sp³-hybridized carbons (Fsp3) is 0.524. The Balaban J connectivity index is 1.47. The number of hydrogen-bond donors (Lipinski definition) is 1. The molecule has 2 aromatic rings. The van der Waals surface area contributed by atoms with Crippen molar-refractivity contribution in [2.24, 2.45) is 10.8 Å². The van der Waals surface area contributed by atoms with Gasteiger partial charge in [-0.15, -0.1) is 0 Å². The van der Waals surface area contributed by atoms with E-state index >= 15 is 0 Å². The quantitative estimate of drug-likeness (QED) is 0.822. The Morgan fingerprint density at radius 3 is 2.68 bits per heavy atom. The average molecular weight is 383 g/mol. The molecule has 28 heavy (non-hydrogen) atoms. The molecule has 1 aromatic carbocycles. The number of carbonyl (C=O) groups is 2. The molecule has 1 amide bonds. The molecule has 2 heterocycles. The van der Waals surface area contributed by atoms with Crippen LogP contribution in [0.1, 0.15) is 50.5 Å². The highest BCUT2D eigenvalue weighted by Crippen LogP contribution is 2.52. The summed E-state index contributed by atoms with van der Waals surface area (Å²) in [4.78, 5) is 39.0. The van der Waals surface area contributed by atoms with Crippen molar-refractivity contribution < 1.29 is 14.3 Å². The van der Waals surface area contributed by atoms with Crippen LogP contribution in [0.4, 0.5) is 0 Å². The molecule has 2 atom stereocenters. The summed E-state index contributed by atoms with van der Waals surface area (Å²) in [5.74, 6) is -0.886. The molecule has 7 heteroatoms. The molecule has 1 saturated heterocycles. The Bertz CT molecular complexity index is 1010. The van der Waals surface area contributed by atoms with Crippen LogP contribution < -0.4 is 5.56 Å². The lowest BCUT2D eigenvalue weighted by Gasteiger charge is -2.39. The molecule has 2 aliphatic rings. The second-order valence-electron chi connectivity index (χ2n) is 9.26. The minimum Gasteiger partial charge on any atom is -0.451 e. The summed E-state index contributed by atoms with van der Waals surface area (Å²) in [7, 11) is 0. The summed E-state index contributed by atoms with van der Waals surface area (Å²) in [5, 5.41) is 6.91. The second-order valence-corrected chi connectivity index (χ2v) is 9.26. The maximum Gasteiger partial charge on any atom is 0.359 e. The number of carbonyl (C=O) groups excluding carboxylic acids is 2. The largest absolute Gasteiger partial charge is 0.451 e. The third-order valence-corrected chi connectivity index (χ3v) is 5.95. The van der Waals surface area contributed by atoms with E-state index in [-0.39, 0.29) is 40.6 Å². The Hall–Kier alpha value is -2.70. The van der Waals surface area contributed by atoms with Gasteiger partial charge in [0.05, 0.1) is 5.39 Å². The molecular weight excluding hydrogens is 358 g/mol. The lowest BCUT2D eigenvalue weighted by atomic mass is 9.65. The lowest BCUT2D eigenvalue weighted by Crippen LogP contribution is -2.40. The summed E-state index contributed by atoms with van der Waals surface area (Å²) >= 11 is 0. The van der Waals surface area contributed by atoms with Gasteiger partial charge in [0.25, 0.3) is 11.5 Å². The number of H-pyrrole nitrogens is 1. The molecular formula is C21H25N3O4. The van der Waals surface area contributed by atoms with Gasteiger partial charge in [-0.1, -0.05) is 39.0 Å². The molecule has 1 aliphatic heterocycles. The van der Waals surface area contributed by atoms with Crippen LogP contribution in [0.25, 0.3) is 10.8 Å². The van der Waals surface area contributed by atoms with E-state index in [1.807, 2.05) is 4.90 Å². The van der Waals surface area contributed by atoms with E-state index in [0.717, 1.165) is 19.3 Å². The van der Waals surface area contributed by atoms with Gasteiger partial charge in [-0.3, -0.25) is 9.59 Å². The van der Waals surface area contributed by atoms with Crippen LogP contribution in [0.2, 0.25) is 0 Å². The zero-order valence-electron chi connectivity index (χ0n) is 16.4. The number of nitrogens with one attached hydrogen (secondary N) is 1. The Kier molecular flexibility index (Phi) is 4.28. The lowest BCUT2D eigenvalue weighted by molar-refractivity contribution is -0.135. The Morgan fingerprint density at radius 1 is 1.21 bits per heavy atom. The van der Waals surface area contributed by atoms with E-state index < -0.39 is 5.97 Å². The van der Waals surface area contributed by atoms with Gasteiger partial charge in [0.15, 0.2) is 12.3 Å². The van der Waals surface area contributed by atoms with Crippen molar-refractivity contribution in [3.05, 3.63) is 40.3 Å². The third-order valence-electron chi connectivity index (χ3n) is 5.95. The first-order valence-electron chi connectivity index (χ1n) is 9.62. The molecule has 1 aliphatic carbocycles. The summed E-state index contributed by atoms with van der Waals surface area (Å²) in [6.45, 7) is 7.12. The highest BCUT2D eigenvalue weighted by molar-refractivity contribution is 6.02. The number of nitrogens with zero attached hydrogens (tertiary/aromatic N) is 2. The van der Waals surface area contributed by atoms with E-state index in [0.29, 0.717) is 17.3 Å². The van der Waals surface area contributed by atoms with Gasteiger partial charge in [-0.25, -0.2) is 9.89 Å². The van der Waals surface area contributed by atoms with Gasteiger partial charge < -0.3 is 9.64 Å². The maximum atomic E-state index is 12.8. The van der Waals surface area contributed by atoms with Crippen LogP contribution in [-0.4, -0.2) is 46.2 Å². The van der Waals surface area contributed by atoms with Gasteiger partial charge in [-0.2, -0.15) is 5.10 Å². The molecule has 0 unspecified atom stereocenters. The zero-order chi connectivity index (χ0) is 20.1. The van der Waals surface area contributed by atoms with Crippen LogP contribution in [0.3, 0.4) is 0 Å². The van der Waals surface area contributed by atoms with E-state index in [2.05, 4.69) is 31.0 Å².